The number of benzene rings is 1. The number of phenolic OH excluding ortho intramolecular Hbond substituents is 1. The average molecular weight is 448 g/mol. The Labute approximate surface area is 190 Å². The number of ether oxygens (including phenoxy) is 1. The first kappa shape index (κ1) is 24.4. The number of aliphatic hydroxyl groups excluding tert-OH is 1. The Morgan fingerprint density at radius 2 is 1.97 bits per heavy atom. The van der Waals surface area contributed by atoms with Crippen molar-refractivity contribution in [3.63, 3.8) is 0 Å². The lowest BCUT2D eigenvalue weighted by Crippen LogP contribution is -2.45. The maximum absolute atomic E-state index is 11.1. The first-order valence-electron chi connectivity index (χ1n) is 11.7. The standard InChI is InChI=1S/C25H37NO6/c1-24(2,11-7-5-6-8-12-31-26(29)30)18-14-21(28)23-19-13-17(16-27)9-10-20(19)25(3,4)32-22(23)15-18/h9,14-15,19-20,27-28H,5-8,10-13,16H2,1-4H3/t19-,20-/m0/s1. The minimum atomic E-state index is -0.745. The van der Waals surface area contributed by atoms with Gasteiger partial charge in [0.05, 0.1) is 13.2 Å². The largest absolute Gasteiger partial charge is 0.508 e. The SMILES string of the molecule is CC(C)(CCCCCCO[N+](=O)[O-])c1cc(O)c2c(c1)OC(C)(C)[C@H]1CC=C(CO)C[C@H]21. The molecule has 2 atom stereocenters. The number of allylic oxidation sites excluding steroid dienone is 1. The summed E-state index contributed by atoms with van der Waals surface area (Å²) >= 11 is 0. The molecule has 0 radical (unpaired) electrons. The summed E-state index contributed by atoms with van der Waals surface area (Å²) in [5.74, 6) is 1.44. The van der Waals surface area contributed by atoms with Crippen LogP contribution in [0.15, 0.2) is 23.8 Å². The summed E-state index contributed by atoms with van der Waals surface area (Å²) in [5, 5.41) is 30.2. The van der Waals surface area contributed by atoms with Crippen LogP contribution < -0.4 is 4.74 Å². The molecule has 1 aliphatic carbocycles. The van der Waals surface area contributed by atoms with Crippen LogP contribution in [0.4, 0.5) is 0 Å². The van der Waals surface area contributed by atoms with Crippen LogP contribution in [-0.2, 0) is 10.3 Å². The molecular formula is C25H37NO6. The predicted octanol–water partition coefficient (Wildman–Crippen LogP) is 5.41. The fourth-order valence-corrected chi connectivity index (χ4v) is 5.29. The van der Waals surface area contributed by atoms with E-state index in [9.17, 15) is 20.3 Å². The van der Waals surface area contributed by atoms with Crippen molar-refractivity contribution in [1.29, 1.82) is 0 Å². The van der Waals surface area contributed by atoms with E-state index in [1.807, 2.05) is 6.07 Å². The van der Waals surface area contributed by atoms with Crippen molar-refractivity contribution < 1.29 is 24.9 Å². The van der Waals surface area contributed by atoms with Crippen molar-refractivity contribution in [2.75, 3.05) is 13.2 Å². The monoisotopic (exact) mass is 447 g/mol. The third kappa shape index (κ3) is 5.37. The molecule has 7 heteroatoms. The van der Waals surface area contributed by atoms with E-state index in [0.29, 0.717) is 6.42 Å². The highest BCUT2D eigenvalue weighted by Crippen LogP contribution is 2.54. The van der Waals surface area contributed by atoms with Gasteiger partial charge in [-0.25, -0.2) is 0 Å². The second-order valence-corrected chi connectivity index (χ2v) is 10.4. The number of fused-ring (bicyclic) bond motifs is 3. The summed E-state index contributed by atoms with van der Waals surface area (Å²) in [6.45, 7) is 8.79. The van der Waals surface area contributed by atoms with Crippen molar-refractivity contribution in [2.45, 2.75) is 89.6 Å². The summed E-state index contributed by atoms with van der Waals surface area (Å²) < 4.78 is 6.44. The molecule has 0 saturated carbocycles. The highest BCUT2D eigenvalue weighted by atomic mass is 16.9. The highest BCUT2D eigenvalue weighted by Gasteiger charge is 2.46. The van der Waals surface area contributed by atoms with Gasteiger partial charge in [-0.1, -0.05) is 39.2 Å². The van der Waals surface area contributed by atoms with Crippen LogP contribution in [0.5, 0.6) is 11.5 Å². The molecule has 0 spiro atoms. The summed E-state index contributed by atoms with van der Waals surface area (Å²) in [6.07, 6.45) is 8.18. The molecule has 1 heterocycles. The smallest absolute Gasteiger partial charge is 0.294 e. The number of nitrogens with zero attached hydrogens (tertiary/aromatic N) is 1. The van der Waals surface area contributed by atoms with Gasteiger partial charge >= 0.3 is 0 Å². The number of unbranched alkanes of at least 4 members (excludes halogenated alkanes) is 3. The van der Waals surface area contributed by atoms with E-state index in [1.165, 1.54) is 0 Å². The Morgan fingerprint density at radius 1 is 1.25 bits per heavy atom. The zero-order valence-corrected chi connectivity index (χ0v) is 19.7. The fourth-order valence-electron chi connectivity index (χ4n) is 5.29. The van der Waals surface area contributed by atoms with E-state index < -0.39 is 5.09 Å². The van der Waals surface area contributed by atoms with Crippen LogP contribution >= 0.6 is 0 Å². The highest BCUT2D eigenvalue weighted by molar-refractivity contribution is 5.54. The molecule has 0 unspecified atom stereocenters. The lowest BCUT2D eigenvalue weighted by atomic mass is 9.66. The van der Waals surface area contributed by atoms with Crippen molar-refractivity contribution in [3.8, 4) is 11.5 Å². The molecule has 0 aromatic heterocycles. The van der Waals surface area contributed by atoms with Gasteiger partial charge < -0.3 is 19.8 Å². The maximum atomic E-state index is 11.1. The maximum Gasteiger partial charge on any atom is 0.294 e. The summed E-state index contributed by atoms with van der Waals surface area (Å²) in [4.78, 5) is 14.6. The van der Waals surface area contributed by atoms with E-state index in [0.717, 1.165) is 61.0 Å². The van der Waals surface area contributed by atoms with Crippen LogP contribution in [-0.4, -0.2) is 34.1 Å². The number of phenols is 1. The molecule has 1 aromatic carbocycles. The molecule has 1 aliphatic heterocycles. The van der Waals surface area contributed by atoms with Crippen molar-refractivity contribution in [3.05, 3.63) is 45.0 Å². The molecule has 1 aromatic rings. The van der Waals surface area contributed by atoms with Gasteiger partial charge in [-0.15, -0.1) is 10.1 Å². The van der Waals surface area contributed by atoms with E-state index >= 15 is 0 Å². The summed E-state index contributed by atoms with van der Waals surface area (Å²) in [6, 6.07) is 3.98. The number of aliphatic hydroxyl groups is 1. The summed E-state index contributed by atoms with van der Waals surface area (Å²) in [7, 11) is 0. The summed E-state index contributed by atoms with van der Waals surface area (Å²) in [5.41, 5.74) is 2.46. The Kier molecular flexibility index (Phi) is 7.38. The second kappa shape index (κ2) is 9.69. The lowest BCUT2D eigenvalue weighted by Gasteiger charge is -2.47. The lowest BCUT2D eigenvalue weighted by molar-refractivity contribution is -0.757. The average Bonchev–Trinajstić information content (AvgIpc) is 2.71. The van der Waals surface area contributed by atoms with E-state index in [1.54, 1.807) is 0 Å². The second-order valence-electron chi connectivity index (χ2n) is 10.4. The minimum absolute atomic E-state index is 0.0594. The van der Waals surface area contributed by atoms with E-state index in [-0.39, 0.29) is 41.8 Å². The number of hydrogen-bond acceptors (Lipinski definition) is 6. The molecule has 3 rings (SSSR count). The Bertz CT molecular complexity index is 860. The normalized spacial score (nSPS) is 21.7. The van der Waals surface area contributed by atoms with Gasteiger partial charge in [0, 0.05) is 17.4 Å². The van der Waals surface area contributed by atoms with Gasteiger partial charge in [0.2, 0.25) is 0 Å². The molecule has 2 aliphatic rings. The Morgan fingerprint density at radius 3 is 2.66 bits per heavy atom. The van der Waals surface area contributed by atoms with Crippen LogP contribution in [0, 0.1) is 16.0 Å². The van der Waals surface area contributed by atoms with Gasteiger partial charge in [-0.05, 0) is 68.2 Å². The van der Waals surface area contributed by atoms with Crippen LogP contribution in [0.1, 0.15) is 89.7 Å². The van der Waals surface area contributed by atoms with Crippen LogP contribution in [0.25, 0.3) is 0 Å². The Hall–Kier alpha value is -2.28. The zero-order valence-electron chi connectivity index (χ0n) is 19.7. The van der Waals surface area contributed by atoms with E-state index in [2.05, 4.69) is 44.7 Å². The van der Waals surface area contributed by atoms with Crippen molar-refractivity contribution in [2.24, 2.45) is 5.92 Å². The number of hydrogen-bond donors (Lipinski definition) is 2. The topological polar surface area (TPSA) is 102 Å². The molecule has 2 N–H and O–H groups in total. The van der Waals surface area contributed by atoms with Crippen molar-refractivity contribution >= 4 is 0 Å². The van der Waals surface area contributed by atoms with Crippen molar-refractivity contribution in [1.82, 2.24) is 0 Å². The molecule has 0 fully saturated rings. The number of rotatable bonds is 10. The molecule has 0 bridgehead atoms. The molecule has 0 saturated heterocycles. The minimum Gasteiger partial charge on any atom is -0.508 e. The van der Waals surface area contributed by atoms with Gasteiger partial charge in [0.1, 0.15) is 17.1 Å². The first-order valence-corrected chi connectivity index (χ1v) is 11.7. The molecule has 0 amide bonds. The van der Waals surface area contributed by atoms with E-state index in [4.69, 9.17) is 4.74 Å². The number of aromatic hydroxyl groups is 1. The fraction of sp³-hybridized carbons (Fsp3) is 0.680. The zero-order chi connectivity index (χ0) is 23.5. The molecule has 32 heavy (non-hydrogen) atoms. The molecular weight excluding hydrogens is 410 g/mol. The third-order valence-corrected chi connectivity index (χ3v) is 7.26. The van der Waals surface area contributed by atoms with Crippen LogP contribution in [0.2, 0.25) is 0 Å². The van der Waals surface area contributed by atoms with Crippen LogP contribution in [0.3, 0.4) is 0 Å². The molecule has 7 nitrogen and oxygen atoms in total. The Balaban J connectivity index is 1.72. The predicted molar refractivity (Wildman–Crippen MR) is 123 cm³/mol. The molecule has 178 valence electrons. The van der Waals surface area contributed by atoms with Gasteiger partial charge in [-0.3, -0.25) is 0 Å². The first-order chi connectivity index (χ1) is 15.0. The van der Waals surface area contributed by atoms with Gasteiger partial charge in [0.25, 0.3) is 5.09 Å². The third-order valence-electron chi connectivity index (χ3n) is 7.26. The van der Waals surface area contributed by atoms with Gasteiger partial charge in [0.15, 0.2) is 0 Å². The van der Waals surface area contributed by atoms with Gasteiger partial charge in [-0.2, -0.15) is 0 Å². The quantitative estimate of drug-likeness (QED) is 0.215.